The average Bonchev–Trinajstić information content (AvgIpc) is 2.82. The lowest BCUT2D eigenvalue weighted by Gasteiger charge is -1.95. The number of hydrogen-bond acceptors (Lipinski definition) is 3. The Bertz CT molecular complexity index is 659. The van der Waals surface area contributed by atoms with Gasteiger partial charge in [0.25, 0.3) is 5.91 Å². The first-order valence-electron chi connectivity index (χ1n) is 6.40. The van der Waals surface area contributed by atoms with Crippen molar-refractivity contribution in [1.82, 2.24) is 10.4 Å². The molecule has 5 nitrogen and oxygen atoms in total. The minimum absolute atomic E-state index is 0.297. The number of H-pyrrole nitrogens is 1. The van der Waals surface area contributed by atoms with Gasteiger partial charge in [-0.05, 0) is 46.5 Å². The lowest BCUT2D eigenvalue weighted by atomic mass is 10.3. The van der Waals surface area contributed by atoms with Gasteiger partial charge in [0, 0.05) is 16.6 Å². The van der Waals surface area contributed by atoms with Crippen molar-refractivity contribution in [3.8, 4) is 0 Å². The molecule has 2 aromatic heterocycles. The van der Waals surface area contributed by atoms with Gasteiger partial charge in [0.2, 0.25) is 0 Å². The van der Waals surface area contributed by atoms with Gasteiger partial charge in [0.15, 0.2) is 0 Å². The van der Waals surface area contributed by atoms with Gasteiger partial charge < -0.3 is 9.40 Å². The summed E-state index contributed by atoms with van der Waals surface area (Å²) in [6.45, 7) is 2.20. The Morgan fingerprint density at radius 1 is 1.60 bits per heavy atom. The minimum Gasteiger partial charge on any atom is -0.460 e. The van der Waals surface area contributed by atoms with Gasteiger partial charge in [-0.1, -0.05) is 6.92 Å². The second-order valence-electron chi connectivity index (χ2n) is 4.99. The van der Waals surface area contributed by atoms with E-state index in [9.17, 15) is 4.79 Å². The van der Waals surface area contributed by atoms with Crippen LogP contribution >= 0.6 is 15.9 Å². The molecule has 2 N–H and O–H groups in total. The van der Waals surface area contributed by atoms with Crippen molar-refractivity contribution in [2.75, 3.05) is 0 Å². The van der Waals surface area contributed by atoms with Gasteiger partial charge in [0.1, 0.15) is 17.2 Å². The summed E-state index contributed by atoms with van der Waals surface area (Å²) in [6.07, 6.45) is 4.38. The van der Waals surface area contributed by atoms with E-state index in [2.05, 4.69) is 38.4 Å². The number of carbonyl (C=O) groups is 1. The van der Waals surface area contributed by atoms with E-state index in [1.807, 2.05) is 12.1 Å². The number of nitrogens with one attached hydrogen (secondary N) is 2. The second-order valence-corrected chi connectivity index (χ2v) is 5.91. The van der Waals surface area contributed by atoms with Crippen molar-refractivity contribution in [2.45, 2.75) is 19.3 Å². The van der Waals surface area contributed by atoms with E-state index in [1.165, 1.54) is 12.6 Å². The van der Waals surface area contributed by atoms with Gasteiger partial charge in [-0.25, -0.2) is 5.43 Å². The van der Waals surface area contributed by atoms with Crippen molar-refractivity contribution in [3.05, 3.63) is 46.1 Å². The van der Waals surface area contributed by atoms with Gasteiger partial charge in [-0.3, -0.25) is 4.79 Å². The summed E-state index contributed by atoms with van der Waals surface area (Å²) in [5.41, 5.74) is 2.89. The number of aromatic nitrogens is 1. The predicted molar refractivity (Wildman–Crippen MR) is 78.8 cm³/mol. The monoisotopic (exact) mass is 335 g/mol. The van der Waals surface area contributed by atoms with Crippen LogP contribution in [0.15, 0.2) is 38.4 Å². The number of hydrazone groups is 1. The van der Waals surface area contributed by atoms with Gasteiger partial charge >= 0.3 is 0 Å². The van der Waals surface area contributed by atoms with Crippen LogP contribution < -0.4 is 5.43 Å². The van der Waals surface area contributed by atoms with Crippen molar-refractivity contribution in [1.29, 1.82) is 0 Å². The van der Waals surface area contributed by atoms with Crippen molar-refractivity contribution < 1.29 is 9.21 Å². The Labute approximate surface area is 124 Å². The topological polar surface area (TPSA) is 70.4 Å². The Morgan fingerprint density at radius 2 is 2.40 bits per heavy atom. The fourth-order valence-electron chi connectivity index (χ4n) is 2.07. The molecule has 2 aromatic rings. The zero-order valence-electron chi connectivity index (χ0n) is 10.9. The molecule has 3 rings (SSSR count). The predicted octanol–water partition coefficient (Wildman–Crippen LogP) is 3.26. The number of carbonyl (C=O) groups excluding carboxylic acids is 1. The van der Waals surface area contributed by atoms with Crippen LogP contribution in [0.5, 0.6) is 0 Å². The molecule has 104 valence electrons. The first-order chi connectivity index (χ1) is 9.63. The molecule has 2 atom stereocenters. The number of aromatic amines is 1. The molecule has 1 saturated carbocycles. The lowest BCUT2D eigenvalue weighted by Crippen LogP contribution is -2.17. The summed E-state index contributed by atoms with van der Waals surface area (Å²) in [6, 6.07) is 5.52. The molecule has 0 saturated heterocycles. The van der Waals surface area contributed by atoms with E-state index in [4.69, 9.17) is 4.42 Å². The molecule has 0 bridgehead atoms. The Morgan fingerprint density at radius 3 is 3.05 bits per heavy atom. The van der Waals surface area contributed by atoms with E-state index in [-0.39, 0.29) is 5.91 Å². The third-order valence-corrected chi connectivity index (χ3v) is 3.83. The number of halogens is 1. The van der Waals surface area contributed by atoms with Crippen LogP contribution in [0.2, 0.25) is 0 Å². The smallest absolute Gasteiger partial charge is 0.287 e. The quantitative estimate of drug-likeness (QED) is 0.665. The van der Waals surface area contributed by atoms with Crippen molar-refractivity contribution in [3.63, 3.8) is 0 Å². The molecular formula is C14H14BrN3O2. The molecular weight excluding hydrogens is 322 g/mol. The molecule has 6 heteroatoms. The molecule has 2 heterocycles. The lowest BCUT2D eigenvalue weighted by molar-refractivity contribution is 0.0951. The number of hydrogen-bond donors (Lipinski definition) is 2. The fraction of sp³-hybridized carbons (Fsp3) is 0.286. The van der Waals surface area contributed by atoms with E-state index in [1.54, 1.807) is 12.3 Å². The van der Waals surface area contributed by atoms with Crippen LogP contribution in [0.1, 0.15) is 41.3 Å². The Hall–Kier alpha value is -1.82. The maximum absolute atomic E-state index is 11.7. The van der Waals surface area contributed by atoms with Gasteiger partial charge in [-0.15, -0.1) is 0 Å². The molecule has 0 radical (unpaired) electrons. The summed E-state index contributed by atoms with van der Waals surface area (Å²) < 4.78 is 6.47. The number of amides is 1. The molecule has 0 aromatic carbocycles. The van der Waals surface area contributed by atoms with Crippen LogP contribution in [0.3, 0.4) is 0 Å². The van der Waals surface area contributed by atoms with E-state index < -0.39 is 0 Å². The SMILES string of the molecule is C[C@H]1C[C@H]1c1ccc(/C=N\NC(=O)c2cc(Br)c[nH]2)o1. The fourth-order valence-corrected chi connectivity index (χ4v) is 2.41. The molecule has 20 heavy (non-hydrogen) atoms. The normalized spacial score (nSPS) is 21.3. The van der Waals surface area contributed by atoms with Gasteiger partial charge in [0.05, 0.1) is 6.21 Å². The maximum Gasteiger partial charge on any atom is 0.287 e. The summed E-state index contributed by atoms with van der Waals surface area (Å²) in [7, 11) is 0. The number of nitrogens with zero attached hydrogens (tertiary/aromatic N) is 1. The van der Waals surface area contributed by atoms with Crippen LogP contribution in [0.4, 0.5) is 0 Å². The highest BCUT2D eigenvalue weighted by atomic mass is 79.9. The summed E-state index contributed by atoms with van der Waals surface area (Å²) in [5, 5.41) is 3.89. The Kier molecular flexibility index (Phi) is 3.48. The van der Waals surface area contributed by atoms with E-state index >= 15 is 0 Å². The average molecular weight is 336 g/mol. The molecule has 0 aliphatic heterocycles. The summed E-state index contributed by atoms with van der Waals surface area (Å²) in [4.78, 5) is 14.5. The van der Waals surface area contributed by atoms with Crippen LogP contribution in [-0.4, -0.2) is 17.1 Å². The number of rotatable bonds is 4. The highest BCUT2D eigenvalue weighted by Crippen LogP contribution is 2.47. The molecule has 0 spiro atoms. The zero-order valence-corrected chi connectivity index (χ0v) is 12.5. The highest BCUT2D eigenvalue weighted by Gasteiger charge is 2.36. The minimum atomic E-state index is -0.297. The van der Waals surface area contributed by atoms with Crippen LogP contribution in [-0.2, 0) is 0 Å². The first-order valence-corrected chi connectivity index (χ1v) is 7.20. The highest BCUT2D eigenvalue weighted by molar-refractivity contribution is 9.10. The van der Waals surface area contributed by atoms with Crippen molar-refractivity contribution in [2.24, 2.45) is 11.0 Å². The summed E-state index contributed by atoms with van der Waals surface area (Å²) in [5.74, 6) is 2.60. The molecule has 1 amide bonds. The van der Waals surface area contributed by atoms with E-state index in [0.29, 0.717) is 23.3 Å². The van der Waals surface area contributed by atoms with E-state index in [0.717, 1.165) is 10.2 Å². The molecule has 1 aliphatic carbocycles. The van der Waals surface area contributed by atoms with Gasteiger partial charge in [-0.2, -0.15) is 5.10 Å². The molecule has 1 fully saturated rings. The van der Waals surface area contributed by atoms with Crippen LogP contribution in [0, 0.1) is 5.92 Å². The largest absolute Gasteiger partial charge is 0.460 e. The maximum atomic E-state index is 11.7. The third kappa shape index (κ3) is 2.85. The molecule has 0 unspecified atom stereocenters. The van der Waals surface area contributed by atoms with Crippen molar-refractivity contribution >= 4 is 28.1 Å². The zero-order chi connectivity index (χ0) is 14.1. The number of furan rings is 1. The standard InChI is InChI=1S/C14H14BrN3O2/c1-8-4-11(8)13-3-2-10(20-13)7-17-18-14(19)12-5-9(15)6-16-12/h2-3,5-8,11,16H,4H2,1H3,(H,18,19)/b17-7-/t8-,11+/m0/s1. The Balaban J connectivity index is 1.57. The first kappa shape index (κ1) is 13.2. The molecule has 1 aliphatic rings. The third-order valence-electron chi connectivity index (χ3n) is 3.37. The van der Waals surface area contributed by atoms with Crippen LogP contribution in [0.25, 0.3) is 0 Å². The summed E-state index contributed by atoms with van der Waals surface area (Å²) >= 11 is 3.27. The second kappa shape index (κ2) is 5.28.